The number of hydrogen-bond donors (Lipinski definition) is 0. The van der Waals surface area contributed by atoms with Crippen molar-refractivity contribution in [1.82, 2.24) is 0 Å². The number of para-hydroxylation sites is 2. The Balaban J connectivity index is 0.904. The van der Waals surface area contributed by atoms with Crippen LogP contribution in [0.2, 0.25) is 0 Å². The molecule has 0 radical (unpaired) electrons. The molecule has 0 fully saturated rings. The van der Waals surface area contributed by atoms with Gasteiger partial charge in [0.25, 0.3) is 0 Å². The fourth-order valence-electron chi connectivity index (χ4n) is 13.1. The molecule has 326 valence electrons. The monoisotopic (exact) mass is 905 g/mol. The summed E-state index contributed by atoms with van der Waals surface area (Å²) < 4.78 is 2.62. The molecule has 12 aromatic rings. The second kappa shape index (κ2) is 15.0. The Morgan fingerprint density at radius 2 is 0.714 bits per heavy atom. The summed E-state index contributed by atoms with van der Waals surface area (Å²) in [6, 6.07) is 98.0. The van der Waals surface area contributed by atoms with Crippen LogP contribution in [0.3, 0.4) is 0 Å². The van der Waals surface area contributed by atoms with Gasteiger partial charge in [-0.25, -0.2) is 0 Å². The van der Waals surface area contributed by atoms with Gasteiger partial charge in [-0.15, -0.1) is 11.3 Å². The van der Waals surface area contributed by atoms with Crippen LogP contribution in [-0.4, -0.2) is 0 Å². The van der Waals surface area contributed by atoms with E-state index in [1.54, 1.807) is 0 Å². The van der Waals surface area contributed by atoms with Crippen molar-refractivity contribution in [3.05, 3.63) is 305 Å². The van der Waals surface area contributed by atoms with Crippen molar-refractivity contribution in [2.75, 3.05) is 4.90 Å². The average molecular weight is 906 g/mol. The highest BCUT2D eigenvalue weighted by molar-refractivity contribution is 7.25. The molecule has 0 aliphatic heterocycles. The normalized spacial score (nSPS) is 13.9. The van der Waals surface area contributed by atoms with Crippen LogP contribution >= 0.6 is 11.3 Å². The first-order chi connectivity index (χ1) is 34.7. The van der Waals surface area contributed by atoms with Gasteiger partial charge in [0.2, 0.25) is 0 Å². The van der Waals surface area contributed by atoms with E-state index in [9.17, 15) is 0 Å². The van der Waals surface area contributed by atoms with Crippen molar-refractivity contribution in [1.29, 1.82) is 0 Å². The number of thiophene rings is 1. The molecule has 0 N–H and O–H groups in total. The van der Waals surface area contributed by atoms with Crippen molar-refractivity contribution < 1.29 is 0 Å². The first kappa shape index (κ1) is 39.4. The molecule has 3 aliphatic rings. The summed E-state index contributed by atoms with van der Waals surface area (Å²) in [7, 11) is 0. The molecule has 1 nitrogen and oxygen atoms in total. The van der Waals surface area contributed by atoms with Gasteiger partial charge in [0, 0.05) is 37.1 Å². The maximum absolute atomic E-state index is 2.47. The van der Waals surface area contributed by atoms with Crippen molar-refractivity contribution in [3.8, 4) is 44.5 Å². The van der Waals surface area contributed by atoms with Crippen molar-refractivity contribution >= 4 is 48.6 Å². The molecule has 11 aromatic carbocycles. The van der Waals surface area contributed by atoms with Crippen LogP contribution in [0.4, 0.5) is 17.1 Å². The number of hydrogen-bond acceptors (Lipinski definition) is 2. The molecular weight excluding hydrogens is 863 g/mol. The Kier molecular flexibility index (Phi) is 8.43. The first-order valence-electron chi connectivity index (χ1n) is 24.3. The second-order valence-electron chi connectivity index (χ2n) is 19.0. The van der Waals surface area contributed by atoms with E-state index < -0.39 is 10.8 Å². The maximum atomic E-state index is 2.47. The predicted molar refractivity (Wildman–Crippen MR) is 293 cm³/mol. The first-order valence-corrected chi connectivity index (χ1v) is 25.1. The lowest BCUT2D eigenvalue weighted by atomic mass is 9.52. The highest BCUT2D eigenvalue weighted by atomic mass is 32.1. The molecule has 0 atom stereocenters. The number of anilines is 3. The second-order valence-corrected chi connectivity index (χ2v) is 20.1. The fraction of sp³-hybridized carbons (Fsp3) is 0.0294. The molecule has 1 heterocycles. The molecule has 3 aliphatic carbocycles. The van der Waals surface area contributed by atoms with Gasteiger partial charge in [-0.1, -0.05) is 212 Å². The van der Waals surface area contributed by atoms with Crippen LogP contribution in [0.25, 0.3) is 64.7 Å². The van der Waals surface area contributed by atoms with Crippen molar-refractivity contribution in [2.45, 2.75) is 10.8 Å². The summed E-state index contributed by atoms with van der Waals surface area (Å²) in [6.07, 6.45) is 0. The number of nitrogens with zero attached hydrogens (tertiary/aromatic N) is 1. The molecule has 2 spiro atoms. The third kappa shape index (κ3) is 5.26. The zero-order valence-electron chi connectivity index (χ0n) is 38.2. The van der Waals surface area contributed by atoms with Gasteiger partial charge in [-0.05, 0) is 132 Å². The van der Waals surface area contributed by atoms with Gasteiger partial charge in [-0.2, -0.15) is 0 Å². The van der Waals surface area contributed by atoms with E-state index >= 15 is 0 Å². The smallest absolute Gasteiger partial charge is 0.0720 e. The topological polar surface area (TPSA) is 3.24 Å². The summed E-state index contributed by atoms with van der Waals surface area (Å²) >= 11 is 1.87. The van der Waals surface area contributed by atoms with Crippen LogP contribution in [0, 0.1) is 0 Å². The van der Waals surface area contributed by atoms with Crippen LogP contribution < -0.4 is 4.90 Å². The Morgan fingerprint density at radius 3 is 1.36 bits per heavy atom. The zero-order valence-corrected chi connectivity index (χ0v) is 39.0. The molecule has 2 heteroatoms. The van der Waals surface area contributed by atoms with Crippen LogP contribution in [0.1, 0.15) is 44.5 Å². The van der Waals surface area contributed by atoms with Crippen molar-refractivity contribution in [2.24, 2.45) is 0 Å². The molecule has 0 amide bonds. The maximum Gasteiger partial charge on any atom is 0.0720 e. The standard InChI is InChI=1S/C68H43NS/c1-2-20-47(21-3-1)69(64-35-16-7-23-49(64)46-37-39-54-53-27-8-17-36-65(53)70-66(54)43-46)48-22-18-19-44(41-48)45-38-40-59-55(42-45)52-26-6-11-30-58(52)68(59)62-33-14-12-31-60(62)67(61-32-13-15-34-63(61)68)56-28-9-4-24-50(56)51-25-5-10-29-57(51)67/h1-43H. The van der Waals surface area contributed by atoms with E-state index in [-0.39, 0.29) is 0 Å². The Labute approximate surface area is 411 Å². The average Bonchev–Trinajstić information content (AvgIpc) is 4.06. The van der Waals surface area contributed by atoms with Gasteiger partial charge >= 0.3 is 0 Å². The van der Waals surface area contributed by atoms with Crippen LogP contribution in [0.5, 0.6) is 0 Å². The van der Waals surface area contributed by atoms with Gasteiger partial charge in [0.1, 0.15) is 0 Å². The van der Waals surface area contributed by atoms with Gasteiger partial charge in [0.05, 0.1) is 16.5 Å². The van der Waals surface area contributed by atoms with Crippen LogP contribution in [-0.2, 0) is 10.8 Å². The Bertz CT molecular complexity index is 4000. The molecule has 1 aromatic heterocycles. The van der Waals surface area contributed by atoms with Crippen molar-refractivity contribution in [3.63, 3.8) is 0 Å². The van der Waals surface area contributed by atoms with E-state index in [1.165, 1.54) is 109 Å². The molecule has 70 heavy (non-hydrogen) atoms. The van der Waals surface area contributed by atoms with Gasteiger partial charge < -0.3 is 4.90 Å². The quantitative estimate of drug-likeness (QED) is 0.166. The zero-order chi connectivity index (χ0) is 46.0. The van der Waals surface area contributed by atoms with E-state index in [0.29, 0.717) is 0 Å². The Hall–Kier alpha value is -8.56. The molecule has 0 saturated heterocycles. The minimum Gasteiger partial charge on any atom is -0.310 e. The molecule has 0 unspecified atom stereocenters. The number of rotatable bonds is 5. The molecule has 0 bridgehead atoms. The lowest BCUT2D eigenvalue weighted by molar-refractivity contribution is 0.633. The van der Waals surface area contributed by atoms with E-state index in [2.05, 4.69) is 266 Å². The SMILES string of the molecule is c1ccc(N(c2cccc(-c3ccc4c(c3)-c3ccccc3C43c4ccccc4C4(c5ccccc5-c5ccccc54)c4ccccc43)c2)c2ccccc2-c2ccc3c(c2)sc2ccccc23)cc1. The minimum absolute atomic E-state index is 0.460. The third-order valence-corrected chi connectivity index (χ3v) is 16.9. The summed E-state index contributed by atoms with van der Waals surface area (Å²) in [5.41, 5.74) is 23.1. The molecule has 15 rings (SSSR count). The summed E-state index contributed by atoms with van der Waals surface area (Å²) in [5.74, 6) is 0. The van der Waals surface area contributed by atoms with Crippen LogP contribution in [0.15, 0.2) is 261 Å². The molecular formula is C68H43NS. The predicted octanol–water partition coefficient (Wildman–Crippen LogP) is 17.9. The lowest BCUT2D eigenvalue weighted by Gasteiger charge is -2.48. The van der Waals surface area contributed by atoms with Gasteiger partial charge in [0.15, 0.2) is 0 Å². The minimum atomic E-state index is -0.524. The summed E-state index contributed by atoms with van der Waals surface area (Å²) in [5, 5.41) is 2.63. The fourth-order valence-corrected chi connectivity index (χ4v) is 14.2. The number of fused-ring (bicyclic) bond motifs is 19. The molecule has 0 saturated carbocycles. The van der Waals surface area contributed by atoms with Gasteiger partial charge in [-0.3, -0.25) is 0 Å². The Morgan fingerprint density at radius 1 is 0.257 bits per heavy atom. The highest BCUT2D eigenvalue weighted by Crippen LogP contribution is 2.67. The summed E-state index contributed by atoms with van der Waals surface area (Å²) in [6.45, 7) is 0. The largest absolute Gasteiger partial charge is 0.310 e. The summed E-state index contributed by atoms with van der Waals surface area (Å²) in [4.78, 5) is 2.43. The van der Waals surface area contributed by atoms with E-state index in [0.717, 1.165) is 17.1 Å². The van der Waals surface area contributed by atoms with E-state index in [4.69, 9.17) is 0 Å². The highest BCUT2D eigenvalue weighted by Gasteiger charge is 2.58. The van der Waals surface area contributed by atoms with E-state index in [1.807, 2.05) is 11.3 Å². The lowest BCUT2D eigenvalue weighted by Crippen LogP contribution is -2.43. The third-order valence-electron chi connectivity index (χ3n) is 15.8. The number of benzene rings is 11.